The van der Waals surface area contributed by atoms with Crippen LogP contribution in [0.25, 0.3) is 0 Å². The number of rotatable bonds is 0. The van der Waals surface area contributed by atoms with E-state index in [1.165, 1.54) is 0 Å². The summed E-state index contributed by atoms with van der Waals surface area (Å²) in [6.45, 7) is 3.97. The van der Waals surface area contributed by atoms with Crippen molar-refractivity contribution in [3.63, 3.8) is 0 Å². The predicted octanol–water partition coefficient (Wildman–Crippen LogP) is 2.01. The zero-order valence-electron chi connectivity index (χ0n) is 9.21. The molecule has 1 saturated heterocycles. The first kappa shape index (κ1) is 10.4. The highest BCUT2D eigenvalue weighted by molar-refractivity contribution is 5.91. The van der Waals surface area contributed by atoms with Gasteiger partial charge in [0, 0.05) is 25.2 Å². The molecule has 0 unspecified atom stereocenters. The lowest BCUT2D eigenvalue weighted by atomic mass is 9.80. The average molecular weight is 208 g/mol. The van der Waals surface area contributed by atoms with Crippen LogP contribution in [0.2, 0.25) is 0 Å². The molecule has 1 aliphatic heterocycles. The van der Waals surface area contributed by atoms with Crippen molar-refractivity contribution in [3.8, 4) is 0 Å². The molecular weight excluding hydrogens is 192 g/mol. The van der Waals surface area contributed by atoms with E-state index in [1.54, 1.807) is 6.08 Å². The first-order chi connectivity index (χ1) is 7.04. The number of hydrogen-bond acceptors (Lipinski definition) is 3. The summed E-state index contributed by atoms with van der Waals surface area (Å²) < 4.78 is 5.48. The lowest BCUT2D eigenvalue weighted by molar-refractivity contribution is -0.149. The van der Waals surface area contributed by atoms with Gasteiger partial charge < -0.3 is 4.74 Å². The maximum absolute atomic E-state index is 11.4. The molecule has 0 aromatic heterocycles. The maximum Gasteiger partial charge on any atom is 0.306 e. The minimum Gasteiger partial charge on any atom is -0.454 e. The Balaban J connectivity index is 2.38. The van der Waals surface area contributed by atoms with Gasteiger partial charge in [-0.2, -0.15) is 0 Å². The number of allylic oxidation sites excluding steroid dienone is 1. The fourth-order valence-electron chi connectivity index (χ4n) is 2.63. The molecule has 2 aliphatic rings. The fourth-order valence-corrected chi connectivity index (χ4v) is 2.63. The molecule has 1 aliphatic carbocycles. The summed E-state index contributed by atoms with van der Waals surface area (Å²) in [5.41, 5.74) is 0.437. The third-order valence-electron chi connectivity index (χ3n) is 3.66. The largest absolute Gasteiger partial charge is 0.454 e. The van der Waals surface area contributed by atoms with Gasteiger partial charge in [0.15, 0.2) is 5.78 Å². The number of carbonyl (C=O) groups excluding carboxylic acids is 2. The molecule has 1 spiro atoms. The minimum absolute atomic E-state index is 0.135. The second-order valence-electron chi connectivity index (χ2n) is 4.60. The molecule has 0 saturated carbocycles. The fraction of sp³-hybridized carbons (Fsp3) is 0.667. The number of ether oxygens (including phenoxy) is 1. The van der Waals surface area contributed by atoms with Crippen molar-refractivity contribution in [2.75, 3.05) is 0 Å². The standard InChI is InChI=1S/C12H16O3/c1-8-3-4-10(13)7-9(2)12(8)6-5-11(14)15-12/h7-8H,3-6H2,1-2H3/t8-,12-/m1/s1. The van der Waals surface area contributed by atoms with E-state index in [0.717, 1.165) is 18.4 Å². The molecule has 0 N–H and O–H groups in total. The second kappa shape index (κ2) is 3.47. The second-order valence-corrected chi connectivity index (χ2v) is 4.60. The summed E-state index contributed by atoms with van der Waals surface area (Å²) in [5, 5.41) is 0. The van der Waals surface area contributed by atoms with Crippen LogP contribution in [-0.2, 0) is 14.3 Å². The Hall–Kier alpha value is -1.12. The molecule has 3 nitrogen and oxygen atoms in total. The van der Waals surface area contributed by atoms with Gasteiger partial charge >= 0.3 is 5.97 Å². The van der Waals surface area contributed by atoms with Crippen molar-refractivity contribution < 1.29 is 14.3 Å². The van der Waals surface area contributed by atoms with Crippen molar-refractivity contribution in [2.45, 2.75) is 45.1 Å². The molecule has 2 atom stereocenters. The van der Waals surface area contributed by atoms with E-state index in [9.17, 15) is 9.59 Å². The zero-order chi connectivity index (χ0) is 11.1. The zero-order valence-corrected chi connectivity index (χ0v) is 9.21. The quantitative estimate of drug-likeness (QED) is 0.572. The Morgan fingerprint density at radius 2 is 2.13 bits per heavy atom. The minimum atomic E-state index is -0.483. The number of ketones is 1. The molecule has 3 heteroatoms. The van der Waals surface area contributed by atoms with Crippen LogP contribution in [0.1, 0.15) is 39.5 Å². The summed E-state index contributed by atoms with van der Waals surface area (Å²) >= 11 is 0. The highest BCUT2D eigenvalue weighted by Gasteiger charge is 2.47. The van der Waals surface area contributed by atoms with Gasteiger partial charge in [-0.3, -0.25) is 9.59 Å². The topological polar surface area (TPSA) is 43.4 Å². The van der Waals surface area contributed by atoms with Crippen LogP contribution in [0.4, 0.5) is 0 Å². The first-order valence-corrected chi connectivity index (χ1v) is 5.48. The van der Waals surface area contributed by atoms with Gasteiger partial charge in [0.25, 0.3) is 0 Å². The third-order valence-corrected chi connectivity index (χ3v) is 3.66. The molecular formula is C12H16O3. The van der Waals surface area contributed by atoms with Gasteiger partial charge in [0.1, 0.15) is 5.60 Å². The molecule has 2 rings (SSSR count). The Labute approximate surface area is 89.5 Å². The van der Waals surface area contributed by atoms with Gasteiger partial charge in [-0.1, -0.05) is 6.92 Å². The molecule has 0 aromatic rings. The first-order valence-electron chi connectivity index (χ1n) is 5.48. The van der Waals surface area contributed by atoms with Gasteiger partial charge in [0.05, 0.1) is 0 Å². The van der Waals surface area contributed by atoms with Crippen LogP contribution in [0.5, 0.6) is 0 Å². The number of hydrogen-bond donors (Lipinski definition) is 0. The molecule has 15 heavy (non-hydrogen) atoms. The molecule has 0 amide bonds. The SMILES string of the molecule is CC1=CC(=O)CC[C@@H](C)[C@]12CCC(=O)O2. The number of esters is 1. The highest BCUT2D eigenvalue weighted by atomic mass is 16.6. The van der Waals surface area contributed by atoms with E-state index in [-0.39, 0.29) is 17.7 Å². The molecule has 82 valence electrons. The van der Waals surface area contributed by atoms with Crippen molar-refractivity contribution in [3.05, 3.63) is 11.6 Å². The van der Waals surface area contributed by atoms with Gasteiger partial charge in [0.2, 0.25) is 0 Å². The number of carbonyl (C=O) groups is 2. The normalized spacial score (nSPS) is 36.4. The lowest BCUT2D eigenvalue weighted by Crippen LogP contribution is -2.37. The molecule has 0 bridgehead atoms. The van der Waals surface area contributed by atoms with Crippen molar-refractivity contribution in [1.82, 2.24) is 0 Å². The third kappa shape index (κ3) is 1.60. The predicted molar refractivity (Wildman–Crippen MR) is 55.2 cm³/mol. The van der Waals surface area contributed by atoms with E-state index in [4.69, 9.17) is 4.74 Å². The van der Waals surface area contributed by atoms with Crippen LogP contribution in [0.3, 0.4) is 0 Å². The Bertz CT molecular complexity index is 343. The molecule has 0 radical (unpaired) electrons. The summed E-state index contributed by atoms with van der Waals surface area (Å²) in [6, 6.07) is 0. The van der Waals surface area contributed by atoms with Gasteiger partial charge in [-0.25, -0.2) is 0 Å². The summed E-state index contributed by atoms with van der Waals surface area (Å²) in [7, 11) is 0. The van der Waals surface area contributed by atoms with Crippen molar-refractivity contribution >= 4 is 11.8 Å². The van der Waals surface area contributed by atoms with Crippen molar-refractivity contribution in [1.29, 1.82) is 0 Å². The summed E-state index contributed by atoms with van der Waals surface area (Å²) in [5.74, 6) is 0.259. The monoisotopic (exact) mass is 208 g/mol. The Morgan fingerprint density at radius 1 is 1.40 bits per heavy atom. The van der Waals surface area contributed by atoms with Gasteiger partial charge in [-0.05, 0) is 25.0 Å². The summed E-state index contributed by atoms with van der Waals surface area (Å²) in [4.78, 5) is 22.7. The van der Waals surface area contributed by atoms with E-state index < -0.39 is 5.60 Å². The Morgan fingerprint density at radius 3 is 2.73 bits per heavy atom. The van der Waals surface area contributed by atoms with Crippen LogP contribution < -0.4 is 0 Å². The summed E-state index contributed by atoms with van der Waals surface area (Å²) in [6.07, 6.45) is 4.23. The van der Waals surface area contributed by atoms with E-state index >= 15 is 0 Å². The lowest BCUT2D eigenvalue weighted by Gasteiger charge is -2.33. The van der Waals surface area contributed by atoms with E-state index in [0.29, 0.717) is 12.8 Å². The van der Waals surface area contributed by atoms with E-state index in [2.05, 4.69) is 6.92 Å². The van der Waals surface area contributed by atoms with Gasteiger partial charge in [-0.15, -0.1) is 0 Å². The average Bonchev–Trinajstić information content (AvgIpc) is 2.53. The van der Waals surface area contributed by atoms with Crippen molar-refractivity contribution in [2.24, 2.45) is 5.92 Å². The Kier molecular flexibility index (Phi) is 2.41. The van der Waals surface area contributed by atoms with Crippen LogP contribution >= 0.6 is 0 Å². The maximum atomic E-state index is 11.4. The molecule has 1 heterocycles. The van der Waals surface area contributed by atoms with Crippen LogP contribution in [0, 0.1) is 5.92 Å². The molecule has 1 fully saturated rings. The van der Waals surface area contributed by atoms with E-state index in [1.807, 2.05) is 6.92 Å². The smallest absolute Gasteiger partial charge is 0.306 e. The van der Waals surface area contributed by atoms with Crippen LogP contribution in [-0.4, -0.2) is 17.4 Å². The van der Waals surface area contributed by atoms with Crippen LogP contribution in [0.15, 0.2) is 11.6 Å². The molecule has 0 aromatic carbocycles. The highest BCUT2D eigenvalue weighted by Crippen LogP contribution is 2.43.